The predicted octanol–water partition coefficient (Wildman–Crippen LogP) is 3.19. The van der Waals surface area contributed by atoms with E-state index >= 15 is 0 Å². The number of hydrogen-bond acceptors (Lipinski definition) is 5. The molecular formula is C21H27NO5. The largest absolute Gasteiger partial charge is 0.494 e. The summed E-state index contributed by atoms with van der Waals surface area (Å²) >= 11 is 0. The number of aliphatic hydroxyl groups excluding tert-OH is 2. The van der Waals surface area contributed by atoms with Crippen LogP contribution in [0.2, 0.25) is 0 Å². The SMILES string of the molecule is CCCCOc1ccc(C(O)C(O)CNC(=O)OCc2ccccc2)cc1. The topological polar surface area (TPSA) is 88.0 Å². The third-order valence-electron chi connectivity index (χ3n) is 4.02. The second-order valence-corrected chi connectivity index (χ2v) is 6.23. The number of benzene rings is 2. The van der Waals surface area contributed by atoms with Crippen molar-refractivity contribution in [3.05, 3.63) is 65.7 Å². The van der Waals surface area contributed by atoms with Gasteiger partial charge in [0.05, 0.1) is 6.61 Å². The Kier molecular flexibility index (Phi) is 8.61. The molecule has 0 saturated heterocycles. The third kappa shape index (κ3) is 7.29. The molecule has 6 heteroatoms. The molecule has 2 aromatic carbocycles. The van der Waals surface area contributed by atoms with Crippen molar-refractivity contribution in [3.63, 3.8) is 0 Å². The molecule has 0 radical (unpaired) electrons. The molecule has 2 rings (SSSR count). The van der Waals surface area contributed by atoms with E-state index in [2.05, 4.69) is 12.2 Å². The molecule has 0 aliphatic carbocycles. The van der Waals surface area contributed by atoms with Gasteiger partial charge < -0.3 is 25.0 Å². The van der Waals surface area contributed by atoms with Crippen LogP contribution in [0.25, 0.3) is 0 Å². The standard InChI is InChI=1S/C21H27NO5/c1-2-3-13-26-18-11-9-17(10-12-18)20(24)19(23)14-22-21(25)27-15-16-7-5-4-6-8-16/h4-12,19-20,23-24H,2-3,13-15H2,1H3,(H,22,25). The Hall–Kier alpha value is -2.57. The molecule has 0 heterocycles. The molecule has 1 amide bonds. The fourth-order valence-corrected chi connectivity index (χ4v) is 2.39. The Balaban J connectivity index is 1.74. The van der Waals surface area contributed by atoms with E-state index in [4.69, 9.17) is 9.47 Å². The fourth-order valence-electron chi connectivity index (χ4n) is 2.39. The minimum atomic E-state index is -1.15. The maximum absolute atomic E-state index is 11.7. The van der Waals surface area contributed by atoms with E-state index in [9.17, 15) is 15.0 Å². The van der Waals surface area contributed by atoms with E-state index < -0.39 is 18.3 Å². The van der Waals surface area contributed by atoms with E-state index in [1.807, 2.05) is 30.3 Å². The Morgan fingerprint density at radius 1 is 1.07 bits per heavy atom. The van der Waals surface area contributed by atoms with Gasteiger partial charge in [0.15, 0.2) is 0 Å². The molecule has 0 saturated carbocycles. The van der Waals surface area contributed by atoms with Gasteiger partial charge in [-0.05, 0) is 29.7 Å². The van der Waals surface area contributed by atoms with Gasteiger partial charge in [0.1, 0.15) is 24.6 Å². The third-order valence-corrected chi connectivity index (χ3v) is 4.02. The van der Waals surface area contributed by atoms with Gasteiger partial charge in [-0.1, -0.05) is 55.8 Å². The lowest BCUT2D eigenvalue weighted by molar-refractivity contribution is 0.0184. The van der Waals surface area contributed by atoms with Crippen molar-refractivity contribution in [3.8, 4) is 5.75 Å². The van der Waals surface area contributed by atoms with Gasteiger partial charge in [-0.25, -0.2) is 4.79 Å². The van der Waals surface area contributed by atoms with Crippen LogP contribution in [0, 0.1) is 0 Å². The first-order valence-electron chi connectivity index (χ1n) is 9.13. The van der Waals surface area contributed by atoms with Crippen LogP contribution in [0.5, 0.6) is 5.75 Å². The molecule has 6 nitrogen and oxygen atoms in total. The second-order valence-electron chi connectivity index (χ2n) is 6.23. The lowest BCUT2D eigenvalue weighted by Gasteiger charge is -2.19. The minimum Gasteiger partial charge on any atom is -0.494 e. The van der Waals surface area contributed by atoms with Crippen LogP contribution < -0.4 is 10.1 Å². The lowest BCUT2D eigenvalue weighted by atomic mass is 10.0. The van der Waals surface area contributed by atoms with E-state index in [-0.39, 0.29) is 13.2 Å². The van der Waals surface area contributed by atoms with Gasteiger partial charge in [0.2, 0.25) is 0 Å². The van der Waals surface area contributed by atoms with Crippen molar-refractivity contribution < 1.29 is 24.5 Å². The lowest BCUT2D eigenvalue weighted by Crippen LogP contribution is -2.35. The summed E-state index contributed by atoms with van der Waals surface area (Å²) in [6, 6.07) is 16.2. The molecule has 2 unspecified atom stereocenters. The Bertz CT molecular complexity index is 675. The average Bonchev–Trinajstić information content (AvgIpc) is 2.71. The molecule has 0 fully saturated rings. The first-order valence-corrected chi connectivity index (χ1v) is 9.13. The molecule has 0 aromatic heterocycles. The van der Waals surface area contributed by atoms with E-state index in [1.165, 1.54) is 0 Å². The number of hydrogen-bond donors (Lipinski definition) is 3. The van der Waals surface area contributed by atoms with Gasteiger partial charge in [-0.15, -0.1) is 0 Å². The first-order chi connectivity index (χ1) is 13.1. The van der Waals surface area contributed by atoms with Crippen LogP contribution in [-0.4, -0.2) is 35.6 Å². The van der Waals surface area contributed by atoms with Crippen LogP contribution in [0.3, 0.4) is 0 Å². The fraction of sp³-hybridized carbons (Fsp3) is 0.381. The van der Waals surface area contributed by atoms with E-state index in [1.54, 1.807) is 24.3 Å². The summed E-state index contributed by atoms with van der Waals surface area (Å²) in [6.45, 7) is 2.76. The molecular weight excluding hydrogens is 346 g/mol. The predicted molar refractivity (Wildman–Crippen MR) is 102 cm³/mol. The molecule has 2 aromatic rings. The highest BCUT2D eigenvalue weighted by atomic mass is 16.5. The highest BCUT2D eigenvalue weighted by molar-refractivity contribution is 5.67. The Labute approximate surface area is 159 Å². The molecule has 2 atom stereocenters. The smallest absolute Gasteiger partial charge is 0.407 e. The van der Waals surface area contributed by atoms with Crippen molar-refractivity contribution in [1.82, 2.24) is 5.32 Å². The molecule has 3 N–H and O–H groups in total. The number of nitrogens with one attached hydrogen (secondary N) is 1. The summed E-state index contributed by atoms with van der Waals surface area (Å²) in [5.74, 6) is 0.719. The van der Waals surface area contributed by atoms with Crippen molar-refractivity contribution in [1.29, 1.82) is 0 Å². The summed E-state index contributed by atoms with van der Waals surface area (Å²) in [6.07, 6.45) is -0.881. The number of ether oxygens (including phenoxy) is 2. The maximum atomic E-state index is 11.7. The van der Waals surface area contributed by atoms with Gasteiger partial charge in [0.25, 0.3) is 0 Å². The zero-order valence-corrected chi connectivity index (χ0v) is 15.5. The highest BCUT2D eigenvalue weighted by Crippen LogP contribution is 2.20. The monoisotopic (exact) mass is 373 g/mol. The first kappa shape index (κ1) is 20.7. The molecule has 27 heavy (non-hydrogen) atoms. The number of rotatable bonds is 10. The Morgan fingerprint density at radius 2 is 1.78 bits per heavy atom. The number of aliphatic hydroxyl groups is 2. The van der Waals surface area contributed by atoms with Gasteiger partial charge >= 0.3 is 6.09 Å². The number of amides is 1. The van der Waals surface area contributed by atoms with Crippen LogP contribution in [-0.2, 0) is 11.3 Å². The molecule has 0 bridgehead atoms. The summed E-state index contributed by atoms with van der Waals surface area (Å²) < 4.78 is 10.6. The maximum Gasteiger partial charge on any atom is 0.407 e. The van der Waals surface area contributed by atoms with Crippen LogP contribution >= 0.6 is 0 Å². The number of alkyl carbamates (subject to hydrolysis) is 1. The van der Waals surface area contributed by atoms with Gasteiger partial charge in [-0.2, -0.15) is 0 Å². The van der Waals surface area contributed by atoms with Crippen LogP contribution in [0.4, 0.5) is 4.79 Å². The van der Waals surface area contributed by atoms with Crippen molar-refractivity contribution >= 4 is 6.09 Å². The van der Waals surface area contributed by atoms with Crippen LogP contribution in [0.15, 0.2) is 54.6 Å². The summed E-state index contributed by atoms with van der Waals surface area (Å²) in [5, 5.41) is 22.8. The summed E-state index contributed by atoms with van der Waals surface area (Å²) in [7, 11) is 0. The molecule has 0 spiro atoms. The number of unbranched alkanes of at least 4 members (excludes halogenated alkanes) is 1. The molecule has 0 aliphatic heterocycles. The summed E-state index contributed by atoms with van der Waals surface area (Å²) in [5.41, 5.74) is 1.42. The molecule has 146 valence electrons. The zero-order valence-electron chi connectivity index (χ0n) is 15.5. The zero-order chi connectivity index (χ0) is 19.5. The number of carbonyl (C=O) groups excluding carboxylic acids is 1. The molecule has 0 aliphatic rings. The minimum absolute atomic E-state index is 0.121. The average molecular weight is 373 g/mol. The normalized spacial score (nSPS) is 12.9. The van der Waals surface area contributed by atoms with Gasteiger partial charge in [-0.3, -0.25) is 0 Å². The highest BCUT2D eigenvalue weighted by Gasteiger charge is 2.19. The second kappa shape index (κ2) is 11.2. The van der Waals surface area contributed by atoms with E-state index in [0.29, 0.717) is 12.2 Å². The quantitative estimate of drug-likeness (QED) is 0.557. The van der Waals surface area contributed by atoms with Crippen molar-refractivity contribution in [2.24, 2.45) is 0 Å². The van der Waals surface area contributed by atoms with Crippen molar-refractivity contribution in [2.45, 2.75) is 38.6 Å². The summed E-state index contributed by atoms with van der Waals surface area (Å²) in [4.78, 5) is 11.7. The number of carbonyl (C=O) groups is 1. The Morgan fingerprint density at radius 3 is 2.44 bits per heavy atom. The van der Waals surface area contributed by atoms with Crippen molar-refractivity contribution in [2.75, 3.05) is 13.2 Å². The van der Waals surface area contributed by atoms with Crippen LogP contribution in [0.1, 0.15) is 37.0 Å². The van der Waals surface area contributed by atoms with E-state index in [0.717, 1.165) is 24.2 Å². The van der Waals surface area contributed by atoms with Gasteiger partial charge in [0, 0.05) is 6.54 Å².